The largest absolute Gasteiger partial charge is 0.304 e. The summed E-state index contributed by atoms with van der Waals surface area (Å²) in [5.74, 6) is 1.15. The van der Waals surface area contributed by atoms with Crippen molar-refractivity contribution in [3.05, 3.63) is 47.5 Å². The number of hydrogen-bond acceptors (Lipinski definition) is 4. The van der Waals surface area contributed by atoms with Crippen LogP contribution in [0.25, 0.3) is 0 Å². The van der Waals surface area contributed by atoms with E-state index in [0.29, 0.717) is 12.1 Å². The molecule has 4 rings (SSSR count). The molecule has 0 radical (unpaired) electrons. The predicted octanol–water partition coefficient (Wildman–Crippen LogP) is 2.19. The van der Waals surface area contributed by atoms with Crippen LogP contribution in [-0.4, -0.2) is 63.8 Å². The monoisotopic (exact) mass is 339 g/mol. The lowest BCUT2D eigenvalue weighted by atomic mass is 10.1. The van der Waals surface area contributed by atoms with Gasteiger partial charge < -0.3 is 4.90 Å². The first-order valence-corrected chi connectivity index (χ1v) is 9.58. The summed E-state index contributed by atoms with van der Waals surface area (Å²) in [4.78, 5) is 9.61. The Morgan fingerprint density at radius 1 is 1.08 bits per heavy atom. The van der Waals surface area contributed by atoms with E-state index < -0.39 is 0 Å². The minimum absolute atomic E-state index is 0.439. The van der Waals surface area contributed by atoms with Gasteiger partial charge in [0.2, 0.25) is 0 Å². The molecule has 0 spiro atoms. The van der Waals surface area contributed by atoms with Gasteiger partial charge in [-0.3, -0.25) is 4.90 Å². The normalized spacial score (nSPS) is 20.7. The van der Waals surface area contributed by atoms with Gasteiger partial charge in [-0.1, -0.05) is 24.3 Å². The van der Waals surface area contributed by atoms with Crippen molar-refractivity contribution in [1.29, 1.82) is 0 Å². The van der Waals surface area contributed by atoms with Gasteiger partial charge in [-0.25, -0.2) is 9.67 Å². The second kappa shape index (κ2) is 7.26. The van der Waals surface area contributed by atoms with Gasteiger partial charge in [0.1, 0.15) is 12.2 Å². The summed E-state index contributed by atoms with van der Waals surface area (Å²) < 4.78 is 2.19. The molecule has 1 aliphatic carbocycles. The lowest BCUT2D eigenvalue weighted by molar-refractivity contribution is 0.114. The highest BCUT2D eigenvalue weighted by molar-refractivity contribution is 5.32. The lowest BCUT2D eigenvalue weighted by Crippen LogP contribution is -2.48. The Morgan fingerprint density at radius 2 is 1.76 bits per heavy atom. The molecule has 5 heteroatoms. The number of fused-ring (bicyclic) bond motifs is 1. The van der Waals surface area contributed by atoms with E-state index in [4.69, 9.17) is 0 Å². The second-order valence-corrected chi connectivity index (χ2v) is 7.68. The highest BCUT2D eigenvalue weighted by Crippen LogP contribution is 2.30. The molecule has 0 bridgehead atoms. The third-order valence-corrected chi connectivity index (χ3v) is 5.97. The van der Waals surface area contributed by atoms with E-state index in [9.17, 15) is 0 Å². The highest BCUT2D eigenvalue weighted by Gasteiger charge is 2.25. The van der Waals surface area contributed by atoms with Crippen LogP contribution in [0.3, 0.4) is 0 Å². The molecule has 2 heterocycles. The zero-order valence-corrected chi connectivity index (χ0v) is 15.4. The van der Waals surface area contributed by atoms with E-state index in [1.807, 2.05) is 0 Å². The topological polar surface area (TPSA) is 37.2 Å². The second-order valence-electron chi connectivity index (χ2n) is 7.68. The van der Waals surface area contributed by atoms with E-state index in [0.717, 1.165) is 31.5 Å². The molecule has 0 amide bonds. The third-order valence-electron chi connectivity index (χ3n) is 5.97. The molecule has 25 heavy (non-hydrogen) atoms. The maximum atomic E-state index is 4.58. The van der Waals surface area contributed by atoms with Gasteiger partial charge in [-0.15, -0.1) is 0 Å². The zero-order chi connectivity index (χ0) is 17.2. The van der Waals surface area contributed by atoms with Gasteiger partial charge in [0.05, 0.1) is 6.04 Å². The molecule has 0 N–H and O–H groups in total. The zero-order valence-electron chi connectivity index (χ0n) is 15.4. The van der Waals surface area contributed by atoms with Crippen molar-refractivity contribution < 1.29 is 0 Å². The van der Waals surface area contributed by atoms with Crippen LogP contribution < -0.4 is 0 Å². The van der Waals surface area contributed by atoms with Gasteiger partial charge in [0.25, 0.3) is 0 Å². The number of likely N-dealkylation sites (N-methyl/N-ethyl adjacent to an activating group) is 1. The van der Waals surface area contributed by atoms with Crippen molar-refractivity contribution in [1.82, 2.24) is 24.6 Å². The number of hydrogen-bond donors (Lipinski definition) is 0. The van der Waals surface area contributed by atoms with Gasteiger partial charge in [-0.05, 0) is 44.4 Å². The van der Waals surface area contributed by atoms with Crippen molar-refractivity contribution in [2.24, 2.45) is 0 Å². The van der Waals surface area contributed by atoms with Crippen molar-refractivity contribution >= 4 is 0 Å². The smallest absolute Gasteiger partial charge is 0.138 e. The summed E-state index contributed by atoms with van der Waals surface area (Å²) in [5, 5.41) is 4.57. The molecule has 2 aliphatic rings. The van der Waals surface area contributed by atoms with Crippen LogP contribution in [0.15, 0.2) is 30.6 Å². The Bertz CT molecular complexity index is 677. The highest BCUT2D eigenvalue weighted by atomic mass is 15.4. The number of aryl methyl sites for hydroxylation is 1. The molecular weight excluding hydrogens is 310 g/mol. The Morgan fingerprint density at radius 3 is 2.44 bits per heavy atom. The minimum atomic E-state index is 0.439. The van der Waals surface area contributed by atoms with E-state index in [1.165, 1.54) is 37.3 Å². The molecule has 1 aromatic heterocycles. The molecule has 1 aliphatic heterocycles. The molecular formula is C20H29N5. The summed E-state index contributed by atoms with van der Waals surface area (Å²) in [6.07, 6.45) is 6.07. The van der Waals surface area contributed by atoms with Gasteiger partial charge >= 0.3 is 0 Å². The van der Waals surface area contributed by atoms with Crippen molar-refractivity contribution in [3.8, 4) is 0 Å². The van der Waals surface area contributed by atoms with Crippen LogP contribution in [0.5, 0.6) is 0 Å². The first-order valence-electron chi connectivity index (χ1n) is 9.58. The van der Waals surface area contributed by atoms with Crippen molar-refractivity contribution in [3.63, 3.8) is 0 Å². The average molecular weight is 339 g/mol. The van der Waals surface area contributed by atoms with E-state index >= 15 is 0 Å². The third kappa shape index (κ3) is 3.62. The SMILES string of the molecule is C[C@H](CCc1ncnn1C1Cc2ccccc2C1)N1CCN(C)CC1. The van der Waals surface area contributed by atoms with Crippen LogP contribution in [0.4, 0.5) is 0 Å². The maximum absolute atomic E-state index is 4.58. The Kier molecular flexibility index (Phi) is 4.86. The number of nitrogens with zero attached hydrogens (tertiary/aromatic N) is 5. The molecule has 1 aromatic carbocycles. The van der Waals surface area contributed by atoms with Crippen molar-refractivity contribution in [2.75, 3.05) is 33.2 Å². The summed E-state index contributed by atoms with van der Waals surface area (Å²) in [7, 11) is 2.21. The molecule has 1 atom stereocenters. The number of benzene rings is 1. The van der Waals surface area contributed by atoms with Crippen LogP contribution >= 0.6 is 0 Å². The van der Waals surface area contributed by atoms with E-state index in [1.54, 1.807) is 6.33 Å². The molecule has 5 nitrogen and oxygen atoms in total. The number of aromatic nitrogens is 3. The van der Waals surface area contributed by atoms with Crippen molar-refractivity contribution in [2.45, 2.75) is 44.7 Å². The fourth-order valence-corrected chi connectivity index (χ4v) is 4.25. The molecule has 0 saturated carbocycles. The Hall–Kier alpha value is -1.72. The van der Waals surface area contributed by atoms with Crippen LogP contribution in [0.1, 0.15) is 36.3 Å². The fraction of sp³-hybridized carbons (Fsp3) is 0.600. The first kappa shape index (κ1) is 16.7. The van der Waals surface area contributed by atoms with Crippen LogP contribution in [-0.2, 0) is 19.3 Å². The lowest BCUT2D eigenvalue weighted by Gasteiger charge is -2.36. The van der Waals surface area contributed by atoms with Gasteiger partial charge in [0, 0.05) is 38.6 Å². The molecule has 1 fully saturated rings. The summed E-state index contributed by atoms with van der Waals surface area (Å²) >= 11 is 0. The fourth-order valence-electron chi connectivity index (χ4n) is 4.25. The van der Waals surface area contributed by atoms with Crippen LogP contribution in [0, 0.1) is 0 Å². The first-order chi connectivity index (χ1) is 12.2. The van der Waals surface area contributed by atoms with Gasteiger partial charge in [-0.2, -0.15) is 5.10 Å². The standard InChI is InChI=1S/C20H29N5/c1-16(24-11-9-23(2)10-12-24)7-8-20-21-15-22-25(20)19-13-17-5-3-4-6-18(17)14-19/h3-6,15-16,19H,7-14H2,1-2H3/t16-/m1/s1. The maximum Gasteiger partial charge on any atom is 0.138 e. The number of rotatable bonds is 5. The van der Waals surface area contributed by atoms with E-state index in [2.05, 4.69) is 62.8 Å². The van der Waals surface area contributed by atoms with Crippen LogP contribution in [0.2, 0.25) is 0 Å². The Balaban J connectivity index is 1.36. The molecule has 134 valence electrons. The summed E-state index contributed by atoms with van der Waals surface area (Å²) in [6, 6.07) is 9.83. The summed E-state index contributed by atoms with van der Waals surface area (Å²) in [5.41, 5.74) is 2.94. The van der Waals surface area contributed by atoms with E-state index in [-0.39, 0.29) is 0 Å². The quantitative estimate of drug-likeness (QED) is 0.837. The summed E-state index contributed by atoms with van der Waals surface area (Å²) in [6.45, 7) is 7.09. The average Bonchev–Trinajstić information content (AvgIpc) is 3.26. The molecule has 1 saturated heterocycles. The predicted molar refractivity (Wildman–Crippen MR) is 99.8 cm³/mol. The molecule has 0 unspecified atom stereocenters. The van der Waals surface area contributed by atoms with Gasteiger partial charge in [0.15, 0.2) is 0 Å². The number of piperazine rings is 1. The minimum Gasteiger partial charge on any atom is -0.304 e. The Labute approximate surface area is 150 Å². The molecule has 2 aromatic rings.